The number of halogens is 4. The van der Waals surface area contributed by atoms with E-state index in [0.717, 1.165) is 30.3 Å². The topological polar surface area (TPSA) is 110 Å². The molecule has 1 atom stereocenters. The minimum atomic E-state index is -4.59. The van der Waals surface area contributed by atoms with Gasteiger partial charge in [0, 0.05) is 11.8 Å². The molecular weight excluding hydrogens is 439 g/mol. The molecular formula is C17H13ClF3NO6S. The molecule has 12 heteroatoms. The largest absolute Gasteiger partial charge is 0.456 e. The third-order valence-electron chi connectivity index (χ3n) is 3.49. The lowest BCUT2D eigenvalue weighted by molar-refractivity contribution is -0.385. The lowest BCUT2D eigenvalue weighted by Gasteiger charge is -2.12. The molecule has 0 spiro atoms. The maximum Gasteiger partial charge on any atom is 0.416 e. The van der Waals surface area contributed by atoms with Crippen molar-refractivity contribution < 1.29 is 37.8 Å². The number of carbonyl (C=O) groups excluding carboxylic acids is 1. The van der Waals surface area contributed by atoms with E-state index < -0.39 is 40.2 Å². The molecule has 0 aliphatic rings. The minimum Gasteiger partial charge on any atom is -0.456 e. The van der Waals surface area contributed by atoms with E-state index in [2.05, 4.69) is 0 Å². The first-order valence-corrected chi connectivity index (χ1v) is 9.18. The maximum absolute atomic E-state index is 12.7. The van der Waals surface area contributed by atoms with Crippen LogP contribution < -0.4 is 4.74 Å². The molecule has 0 heterocycles. The van der Waals surface area contributed by atoms with Gasteiger partial charge in [-0.2, -0.15) is 13.2 Å². The third-order valence-corrected chi connectivity index (χ3v) is 4.82. The van der Waals surface area contributed by atoms with Crippen LogP contribution in [0.15, 0.2) is 36.4 Å². The van der Waals surface area contributed by atoms with Gasteiger partial charge in [-0.3, -0.25) is 14.9 Å². The highest BCUT2D eigenvalue weighted by atomic mass is 35.5. The molecule has 7 nitrogen and oxygen atoms in total. The fraction of sp³-hybridized carbons (Fsp3) is 0.235. The van der Waals surface area contributed by atoms with E-state index >= 15 is 0 Å². The van der Waals surface area contributed by atoms with Crippen molar-refractivity contribution in [2.24, 2.45) is 0 Å². The van der Waals surface area contributed by atoms with Gasteiger partial charge in [-0.1, -0.05) is 23.4 Å². The Morgan fingerprint density at radius 1 is 1.28 bits per heavy atom. The van der Waals surface area contributed by atoms with Crippen molar-refractivity contribution in [1.29, 1.82) is 0 Å². The van der Waals surface area contributed by atoms with Crippen molar-refractivity contribution in [3.63, 3.8) is 0 Å². The van der Waals surface area contributed by atoms with Gasteiger partial charge in [0.2, 0.25) is 5.12 Å². The summed E-state index contributed by atoms with van der Waals surface area (Å²) in [7, 11) is 0. The summed E-state index contributed by atoms with van der Waals surface area (Å²) < 4.78 is 43.5. The van der Waals surface area contributed by atoms with Gasteiger partial charge < -0.3 is 14.9 Å². The normalized spacial score (nSPS) is 12.5. The van der Waals surface area contributed by atoms with Crippen LogP contribution >= 0.6 is 23.4 Å². The molecule has 0 amide bonds. The summed E-state index contributed by atoms with van der Waals surface area (Å²) in [5.74, 6) is -0.401. The van der Waals surface area contributed by atoms with Crippen LogP contribution in [0.2, 0.25) is 5.02 Å². The minimum absolute atomic E-state index is 0.0658. The highest BCUT2D eigenvalue weighted by Gasteiger charge is 2.31. The number of rotatable bonds is 7. The summed E-state index contributed by atoms with van der Waals surface area (Å²) in [4.78, 5) is 22.7. The van der Waals surface area contributed by atoms with Crippen molar-refractivity contribution in [2.75, 3.05) is 12.4 Å². The zero-order chi connectivity index (χ0) is 21.8. The predicted molar refractivity (Wildman–Crippen MR) is 99.5 cm³/mol. The van der Waals surface area contributed by atoms with Gasteiger partial charge in [-0.25, -0.2) is 0 Å². The molecule has 156 valence electrons. The van der Waals surface area contributed by atoms with Crippen molar-refractivity contribution in [3.05, 3.63) is 62.7 Å². The SMILES string of the molecule is O=C(SCC(O)CO)c1cc(Oc2ccc(C(F)(F)F)cc2Cl)ccc1[N+](=O)[O-]. The fourth-order valence-electron chi connectivity index (χ4n) is 2.09. The molecule has 2 rings (SSSR count). The Bertz CT molecular complexity index is 925. The average molecular weight is 452 g/mol. The summed E-state index contributed by atoms with van der Waals surface area (Å²) in [5.41, 5.74) is -1.84. The number of ether oxygens (including phenoxy) is 1. The first-order chi connectivity index (χ1) is 13.5. The van der Waals surface area contributed by atoms with Crippen molar-refractivity contribution in [2.45, 2.75) is 12.3 Å². The van der Waals surface area contributed by atoms with E-state index in [1.165, 1.54) is 0 Å². The molecule has 0 saturated carbocycles. The lowest BCUT2D eigenvalue weighted by Crippen LogP contribution is -2.16. The number of hydrogen-bond donors (Lipinski definition) is 2. The fourth-order valence-corrected chi connectivity index (χ4v) is 3.08. The van der Waals surface area contributed by atoms with Gasteiger partial charge in [0.1, 0.15) is 17.1 Å². The summed E-state index contributed by atoms with van der Waals surface area (Å²) in [6.45, 7) is -0.585. The second-order valence-corrected chi connectivity index (χ2v) is 7.02. The number of nitro groups is 1. The van der Waals surface area contributed by atoms with Gasteiger partial charge in [0.25, 0.3) is 5.69 Å². The van der Waals surface area contributed by atoms with Gasteiger partial charge in [0.05, 0.1) is 28.2 Å². The summed E-state index contributed by atoms with van der Waals surface area (Å²) in [6, 6.07) is 5.62. The molecule has 0 aliphatic heterocycles. The van der Waals surface area contributed by atoms with Gasteiger partial charge in [0.15, 0.2) is 0 Å². The van der Waals surface area contributed by atoms with E-state index in [9.17, 15) is 33.2 Å². The second kappa shape index (κ2) is 9.44. The third kappa shape index (κ3) is 6.07. The quantitative estimate of drug-likeness (QED) is 0.477. The Balaban J connectivity index is 2.31. The standard InChI is InChI=1S/C17H13ClF3NO6S/c18-13-5-9(17(19,20)21)1-4-15(13)28-11-2-3-14(22(26)27)12(6-11)16(25)29-8-10(24)7-23/h1-6,10,23-24H,7-8H2. The second-order valence-electron chi connectivity index (χ2n) is 5.62. The van der Waals surface area contributed by atoms with Crippen LogP contribution in [0.1, 0.15) is 15.9 Å². The molecule has 2 N–H and O–H groups in total. The summed E-state index contributed by atoms with van der Waals surface area (Å²) in [6.07, 6.45) is -5.78. The van der Waals surface area contributed by atoms with E-state index in [4.69, 9.17) is 21.4 Å². The lowest BCUT2D eigenvalue weighted by atomic mass is 10.2. The number of hydrogen-bond acceptors (Lipinski definition) is 7. The summed E-state index contributed by atoms with van der Waals surface area (Å²) in [5, 5.41) is 28.2. The zero-order valence-corrected chi connectivity index (χ0v) is 15.9. The number of aliphatic hydroxyl groups excluding tert-OH is 2. The van der Waals surface area contributed by atoms with E-state index in [-0.39, 0.29) is 27.8 Å². The molecule has 0 aliphatic carbocycles. The Hall–Kier alpha value is -2.34. The highest BCUT2D eigenvalue weighted by Crippen LogP contribution is 2.37. The Kier molecular flexibility index (Phi) is 7.47. The van der Waals surface area contributed by atoms with Gasteiger partial charge >= 0.3 is 6.18 Å². The number of thioether (sulfide) groups is 1. The van der Waals surface area contributed by atoms with Gasteiger partial charge in [-0.05, 0) is 30.3 Å². The molecule has 2 aromatic carbocycles. The monoisotopic (exact) mass is 451 g/mol. The van der Waals surface area contributed by atoms with Crippen molar-refractivity contribution in [3.8, 4) is 11.5 Å². The zero-order valence-electron chi connectivity index (χ0n) is 14.4. The van der Waals surface area contributed by atoms with Crippen LogP contribution in [0.3, 0.4) is 0 Å². The van der Waals surface area contributed by atoms with Crippen LogP contribution in [-0.2, 0) is 6.18 Å². The number of alkyl halides is 3. The van der Waals surface area contributed by atoms with Gasteiger partial charge in [-0.15, -0.1) is 0 Å². The molecule has 1 unspecified atom stereocenters. The molecule has 0 saturated heterocycles. The number of carbonyl (C=O) groups is 1. The molecule has 2 aromatic rings. The molecule has 0 bridgehead atoms. The smallest absolute Gasteiger partial charge is 0.416 e. The average Bonchev–Trinajstić information content (AvgIpc) is 2.66. The number of nitro benzene ring substituents is 1. The number of aliphatic hydroxyl groups is 2. The Morgan fingerprint density at radius 2 is 1.97 bits per heavy atom. The Morgan fingerprint density at radius 3 is 2.52 bits per heavy atom. The van der Waals surface area contributed by atoms with E-state index in [1.807, 2.05) is 0 Å². The van der Waals surface area contributed by atoms with Crippen LogP contribution in [0, 0.1) is 10.1 Å². The van der Waals surface area contributed by atoms with Crippen molar-refractivity contribution in [1.82, 2.24) is 0 Å². The van der Waals surface area contributed by atoms with Crippen LogP contribution in [0.25, 0.3) is 0 Å². The molecule has 29 heavy (non-hydrogen) atoms. The first-order valence-electron chi connectivity index (χ1n) is 7.82. The Labute approximate surface area is 171 Å². The number of benzene rings is 2. The maximum atomic E-state index is 12.7. The molecule has 0 fully saturated rings. The van der Waals surface area contributed by atoms with E-state index in [1.54, 1.807) is 0 Å². The van der Waals surface area contributed by atoms with E-state index in [0.29, 0.717) is 17.8 Å². The predicted octanol–water partition coefficient (Wildman–Crippen LogP) is 4.29. The van der Waals surface area contributed by atoms with Crippen LogP contribution in [-0.4, -0.2) is 38.7 Å². The van der Waals surface area contributed by atoms with Crippen LogP contribution in [0.4, 0.5) is 18.9 Å². The highest BCUT2D eigenvalue weighted by molar-refractivity contribution is 8.14. The molecule has 0 aromatic heterocycles. The van der Waals surface area contributed by atoms with Crippen molar-refractivity contribution >= 4 is 34.2 Å². The molecule has 0 radical (unpaired) electrons. The van der Waals surface area contributed by atoms with Crippen LogP contribution in [0.5, 0.6) is 11.5 Å². The number of nitrogens with zero attached hydrogens (tertiary/aromatic N) is 1. The summed E-state index contributed by atoms with van der Waals surface area (Å²) >= 11 is 6.37. The first kappa shape index (κ1) is 22.9.